The molecule has 0 bridgehead atoms. The molecule has 0 aliphatic carbocycles. The number of unbranched alkanes of at least 4 members (excludes halogenated alkanes) is 4. The second kappa shape index (κ2) is 16.3. The zero-order valence-corrected chi connectivity index (χ0v) is 15.7. The molecule has 0 rings (SSSR count). The second-order valence-electron chi connectivity index (χ2n) is 6.01. The molecule has 3 nitrogen and oxygen atoms in total. The summed E-state index contributed by atoms with van der Waals surface area (Å²) in [6.45, 7) is 5.94. The molecule has 0 aromatic carbocycles. The number of aliphatic hydroxyl groups excluding tert-OH is 1. The maximum Gasteiger partial charge on any atom is 0.104 e. The Bertz CT molecular complexity index is 226. The van der Waals surface area contributed by atoms with Crippen molar-refractivity contribution in [2.75, 3.05) is 26.4 Å². The molecule has 0 aromatic heterocycles. The minimum Gasteiger partial charge on any atom is -0.394 e. The first-order valence-electron chi connectivity index (χ1n) is 8.64. The van der Waals surface area contributed by atoms with Gasteiger partial charge in [-0.1, -0.05) is 25.7 Å². The first-order chi connectivity index (χ1) is 10.6. The summed E-state index contributed by atoms with van der Waals surface area (Å²) in [5, 5.41) is 9.79. The Morgan fingerprint density at radius 1 is 0.818 bits per heavy atom. The largest absolute Gasteiger partial charge is 0.394 e. The molecule has 1 N–H and O–H groups in total. The van der Waals surface area contributed by atoms with Crippen LogP contribution in [0.3, 0.4) is 0 Å². The molecule has 0 aliphatic heterocycles. The highest BCUT2D eigenvalue weighted by atomic mass is 35.5. The molecule has 3 atom stereocenters. The van der Waals surface area contributed by atoms with E-state index in [1.165, 1.54) is 0 Å². The highest BCUT2D eigenvalue weighted by Gasteiger charge is 2.07. The van der Waals surface area contributed by atoms with Crippen LogP contribution in [0.1, 0.15) is 65.2 Å². The van der Waals surface area contributed by atoms with Crippen LogP contribution in [0.15, 0.2) is 0 Å². The van der Waals surface area contributed by atoms with E-state index in [2.05, 4.69) is 0 Å². The standard InChI is InChI=1S/C17H34Cl2O3/c1-15(18)9-5-3-7-11-21-14-17(13-20)22-12-8-4-6-10-16(2)19/h15-17,20H,3-14H2,1-2H3. The number of ether oxygens (including phenoxy) is 2. The molecule has 0 saturated carbocycles. The lowest BCUT2D eigenvalue weighted by Crippen LogP contribution is -2.24. The van der Waals surface area contributed by atoms with Crippen LogP contribution >= 0.6 is 23.2 Å². The van der Waals surface area contributed by atoms with E-state index in [0.29, 0.717) is 13.2 Å². The molecule has 0 saturated heterocycles. The molecule has 0 aliphatic rings. The van der Waals surface area contributed by atoms with Crippen molar-refractivity contribution in [1.82, 2.24) is 0 Å². The van der Waals surface area contributed by atoms with Crippen LogP contribution in [-0.4, -0.2) is 48.4 Å². The van der Waals surface area contributed by atoms with Crippen LogP contribution in [-0.2, 0) is 9.47 Å². The third kappa shape index (κ3) is 16.8. The van der Waals surface area contributed by atoms with Gasteiger partial charge in [0.05, 0.1) is 13.2 Å². The van der Waals surface area contributed by atoms with Crippen LogP contribution in [0, 0.1) is 0 Å². The smallest absolute Gasteiger partial charge is 0.104 e. The molecule has 0 spiro atoms. The Kier molecular flexibility index (Phi) is 16.7. The Morgan fingerprint density at radius 3 is 1.86 bits per heavy atom. The third-order valence-corrected chi connectivity index (χ3v) is 3.93. The average Bonchev–Trinajstić information content (AvgIpc) is 2.46. The fourth-order valence-electron chi connectivity index (χ4n) is 2.13. The lowest BCUT2D eigenvalue weighted by Gasteiger charge is -2.15. The van der Waals surface area contributed by atoms with Crippen molar-refractivity contribution in [2.24, 2.45) is 0 Å². The number of aliphatic hydroxyl groups is 1. The molecule has 0 heterocycles. The third-order valence-electron chi connectivity index (χ3n) is 3.50. The summed E-state index contributed by atoms with van der Waals surface area (Å²) >= 11 is 11.8. The Labute approximate surface area is 146 Å². The van der Waals surface area contributed by atoms with E-state index >= 15 is 0 Å². The van der Waals surface area contributed by atoms with Crippen molar-refractivity contribution >= 4 is 23.2 Å². The van der Waals surface area contributed by atoms with Crippen LogP contribution in [0.2, 0.25) is 0 Å². The normalized spacial score (nSPS) is 15.7. The van der Waals surface area contributed by atoms with Gasteiger partial charge in [0.25, 0.3) is 0 Å². The van der Waals surface area contributed by atoms with Crippen LogP contribution in [0.4, 0.5) is 0 Å². The number of hydrogen-bond acceptors (Lipinski definition) is 3. The van der Waals surface area contributed by atoms with Gasteiger partial charge in [0.2, 0.25) is 0 Å². The minimum atomic E-state index is -0.199. The summed E-state index contributed by atoms with van der Waals surface area (Å²) in [7, 11) is 0. The monoisotopic (exact) mass is 356 g/mol. The summed E-state index contributed by atoms with van der Waals surface area (Å²) in [4.78, 5) is 0. The molecule has 0 radical (unpaired) electrons. The minimum absolute atomic E-state index is 0.0163. The second-order valence-corrected chi connectivity index (χ2v) is 7.50. The lowest BCUT2D eigenvalue weighted by molar-refractivity contribution is -0.0437. The maximum atomic E-state index is 9.27. The van der Waals surface area contributed by atoms with E-state index in [1.54, 1.807) is 0 Å². The Hall–Kier alpha value is 0.460. The Morgan fingerprint density at radius 2 is 1.36 bits per heavy atom. The van der Waals surface area contributed by atoms with Gasteiger partial charge in [-0.05, 0) is 39.5 Å². The van der Waals surface area contributed by atoms with Gasteiger partial charge < -0.3 is 14.6 Å². The van der Waals surface area contributed by atoms with Gasteiger partial charge in [0, 0.05) is 24.0 Å². The average molecular weight is 357 g/mol. The van der Waals surface area contributed by atoms with E-state index in [9.17, 15) is 5.11 Å². The van der Waals surface area contributed by atoms with E-state index < -0.39 is 0 Å². The van der Waals surface area contributed by atoms with Crippen LogP contribution < -0.4 is 0 Å². The first kappa shape index (κ1) is 22.5. The van der Waals surface area contributed by atoms with Crippen molar-refractivity contribution in [3.8, 4) is 0 Å². The summed E-state index contributed by atoms with van der Waals surface area (Å²) in [5.74, 6) is 0. The fraction of sp³-hybridized carbons (Fsp3) is 1.00. The summed E-state index contributed by atoms with van der Waals surface area (Å²) in [6, 6.07) is 0. The summed E-state index contributed by atoms with van der Waals surface area (Å²) in [5.41, 5.74) is 0. The van der Waals surface area contributed by atoms with E-state index in [-0.39, 0.29) is 23.5 Å². The molecule has 22 heavy (non-hydrogen) atoms. The molecule has 3 unspecified atom stereocenters. The predicted octanol–water partition coefficient (Wildman–Crippen LogP) is 4.76. The van der Waals surface area contributed by atoms with Crippen LogP contribution in [0.25, 0.3) is 0 Å². The zero-order chi connectivity index (χ0) is 16.6. The van der Waals surface area contributed by atoms with Crippen LogP contribution in [0.5, 0.6) is 0 Å². The Balaban J connectivity index is 3.36. The quantitative estimate of drug-likeness (QED) is 0.320. The number of alkyl halides is 2. The van der Waals surface area contributed by atoms with Gasteiger partial charge >= 0.3 is 0 Å². The molecular weight excluding hydrogens is 323 g/mol. The molecule has 134 valence electrons. The van der Waals surface area contributed by atoms with Crippen molar-refractivity contribution in [2.45, 2.75) is 82.1 Å². The van der Waals surface area contributed by atoms with Gasteiger partial charge in [0.1, 0.15) is 6.10 Å². The number of halogens is 2. The van der Waals surface area contributed by atoms with Gasteiger partial charge in [-0.3, -0.25) is 0 Å². The van der Waals surface area contributed by atoms with Gasteiger partial charge in [-0.2, -0.15) is 0 Å². The molecule has 0 amide bonds. The molecular formula is C17H34Cl2O3. The lowest BCUT2D eigenvalue weighted by atomic mass is 10.1. The maximum absolute atomic E-state index is 9.27. The van der Waals surface area contributed by atoms with Gasteiger partial charge in [0.15, 0.2) is 0 Å². The molecule has 5 heteroatoms. The summed E-state index contributed by atoms with van der Waals surface area (Å²) < 4.78 is 11.2. The number of hydrogen-bond donors (Lipinski definition) is 1. The summed E-state index contributed by atoms with van der Waals surface area (Å²) in [6.07, 6.45) is 8.51. The van der Waals surface area contributed by atoms with Crippen molar-refractivity contribution in [3.05, 3.63) is 0 Å². The predicted molar refractivity (Wildman–Crippen MR) is 95.2 cm³/mol. The SMILES string of the molecule is CC(Cl)CCCCCOCC(CO)OCCCCCC(C)Cl. The van der Waals surface area contributed by atoms with Crippen molar-refractivity contribution < 1.29 is 14.6 Å². The highest BCUT2D eigenvalue weighted by Crippen LogP contribution is 2.09. The van der Waals surface area contributed by atoms with Crippen molar-refractivity contribution in [1.29, 1.82) is 0 Å². The van der Waals surface area contributed by atoms with Gasteiger partial charge in [-0.25, -0.2) is 0 Å². The zero-order valence-electron chi connectivity index (χ0n) is 14.2. The highest BCUT2D eigenvalue weighted by molar-refractivity contribution is 6.20. The molecule has 0 fully saturated rings. The fourth-order valence-corrected chi connectivity index (χ4v) is 2.44. The topological polar surface area (TPSA) is 38.7 Å². The number of rotatable bonds is 16. The van der Waals surface area contributed by atoms with Gasteiger partial charge in [-0.15, -0.1) is 23.2 Å². The molecule has 0 aromatic rings. The van der Waals surface area contributed by atoms with E-state index in [0.717, 1.165) is 58.0 Å². The van der Waals surface area contributed by atoms with E-state index in [1.807, 2.05) is 13.8 Å². The van der Waals surface area contributed by atoms with Crippen molar-refractivity contribution in [3.63, 3.8) is 0 Å². The van der Waals surface area contributed by atoms with E-state index in [4.69, 9.17) is 32.7 Å². The first-order valence-corrected chi connectivity index (χ1v) is 9.51.